The molecule has 1 N–H and O–H groups in total. The van der Waals surface area contributed by atoms with Gasteiger partial charge >= 0.3 is 0 Å². The van der Waals surface area contributed by atoms with Crippen molar-refractivity contribution in [3.8, 4) is 0 Å². The lowest BCUT2D eigenvalue weighted by Gasteiger charge is -2.24. The first-order chi connectivity index (χ1) is 10.9. The largest absolute Gasteiger partial charge is 0.367 e. The van der Waals surface area contributed by atoms with E-state index >= 15 is 0 Å². The van der Waals surface area contributed by atoms with Crippen molar-refractivity contribution >= 4 is 17.0 Å². The number of hydrogen-bond donors (Lipinski definition) is 1. The zero-order chi connectivity index (χ0) is 14.8. The van der Waals surface area contributed by atoms with Gasteiger partial charge in [0.2, 0.25) is 0 Å². The monoisotopic (exact) mass is 296 g/mol. The number of anilines is 1. The lowest BCUT2D eigenvalue weighted by Crippen LogP contribution is -2.23. The Morgan fingerprint density at radius 1 is 1.09 bits per heavy atom. The van der Waals surface area contributed by atoms with E-state index in [1.807, 2.05) is 18.6 Å². The van der Waals surface area contributed by atoms with Crippen LogP contribution in [0.15, 0.2) is 24.7 Å². The Bertz CT molecular complexity index is 679. The number of nitrogens with zero attached hydrogens (tertiary/aromatic N) is 3. The minimum Gasteiger partial charge on any atom is -0.367 e. The van der Waals surface area contributed by atoms with Gasteiger partial charge in [-0.25, -0.2) is 4.98 Å². The Balaban J connectivity index is 1.74. The molecule has 0 radical (unpaired) electrons. The van der Waals surface area contributed by atoms with Crippen LogP contribution in [0.4, 0.5) is 5.82 Å². The smallest absolute Gasteiger partial charge is 0.157 e. The molecule has 0 saturated heterocycles. The van der Waals surface area contributed by atoms with Crippen LogP contribution < -0.4 is 5.32 Å². The predicted molar refractivity (Wildman–Crippen MR) is 89.9 cm³/mol. The number of allylic oxidation sites excluding steroid dienone is 2. The highest BCUT2D eigenvalue weighted by atomic mass is 15.2. The molecule has 0 aliphatic heterocycles. The van der Waals surface area contributed by atoms with E-state index in [1.165, 1.54) is 62.8 Å². The fraction of sp³-hybridized carbons (Fsp3) is 0.556. The first-order valence-electron chi connectivity index (χ1n) is 8.70. The van der Waals surface area contributed by atoms with Gasteiger partial charge in [-0.15, -0.1) is 0 Å². The topological polar surface area (TPSA) is 42.2 Å². The van der Waals surface area contributed by atoms with Gasteiger partial charge in [0.05, 0.1) is 6.20 Å². The highest BCUT2D eigenvalue weighted by molar-refractivity contribution is 5.75. The van der Waals surface area contributed by atoms with Crippen molar-refractivity contribution in [2.24, 2.45) is 0 Å². The van der Waals surface area contributed by atoms with E-state index in [1.54, 1.807) is 0 Å². The van der Waals surface area contributed by atoms with Crippen LogP contribution in [-0.4, -0.2) is 20.4 Å². The molecule has 0 unspecified atom stereocenters. The van der Waals surface area contributed by atoms with Crippen molar-refractivity contribution in [2.45, 2.75) is 63.8 Å². The molecule has 0 atom stereocenters. The summed E-state index contributed by atoms with van der Waals surface area (Å²) in [6.07, 6.45) is 19.7. The maximum absolute atomic E-state index is 4.87. The summed E-state index contributed by atoms with van der Waals surface area (Å²) in [4.78, 5) is 9.10. The number of rotatable bonds is 3. The van der Waals surface area contributed by atoms with Gasteiger partial charge in [0.15, 0.2) is 5.65 Å². The lowest BCUT2D eigenvalue weighted by atomic mass is 9.94. The molecule has 4 nitrogen and oxygen atoms in total. The number of nitrogens with one attached hydrogen (secondary N) is 1. The maximum Gasteiger partial charge on any atom is 0.157 e. The predicted octanol–water partition coefficient (Wildman–Crippen LogP) is 4.43. The second-order valence-corrected chi connectivity index (χ2v) is 6.57. The minimum atomic E-state index is 0.588. The van der Waals surface area contributed by atoms with Gasteiger partial charge in [-0.2, -0.15) is 0 Å². The highest BCUT2D eigenvalue weighted by Gasteiger charge is 2.21. The van der Waals surface area contributed by atoms with Crippen LogP contribution in [0.25, 0.3) is 11.2 Å². The molecular formula is C18H24N4. The van der Waals surface area contributed by atoms with E-state index in [-0.39, 0.29) is 0 Å². The molecule has 2 aromatic rings. The third kappa shape index (κ3) is 2.62. The van der Waals surface area contributed by atoms with E-state index in [9.17, 15) is 0 Å². The zero-order valence-electron chi connectivity index (χ0n) is 13.1. The molecule has 2 aliphatic carbocycles. The molecular weight excluding hydrogens is 272 g/mol. The minimum absolute atomic E-state index is 0.588. The fourth-order valence-electron chi connectivity index (χ4n) is 3.76. The van der Waals surface area contributed by atoms with Crippen LogP contribution in [0.5, 0.6) is 0 Å². The van der Waals surface area contributed by atoms with Crippen LogP contribution in [0.3, 0.4) is 0 Å². The van der Waals surface area contributed by atoms with E-state index in [0.717, 1.165) is 17.8 Å². The highest BCUT2D eigenvalue weighted by Crippen LogP contribution is 2.33. The van der Waals surface area contributed by atoms with Gasteiger partial charge in [-0.3, -0.25) is 9.38 Å². The molecule has 2 aliphatic rings. The molecule has 1 fully saturated rings. The Morgan fingerprint density at radius 2 is 2.00 bits per heavy atom. The summed E-state index contributed by atoms with van der Waals surface area (Å²) in [6, 6.07) is 0.588. The van der Waals surface area contributed by atoms with E-state index in [2.05, 4.69) is 20.8 Å². The number of hydrogen-bond acceptors (Lipinski definition) is 3. The standard InChI is InChI=1S/C18H24N4/c1-3-7-14(8-4-1)17-18(20-15-9-5-2-6-10-15)22-12-11-19-13-16(22)21-17/h7,11-13,15,20H,1-6,8-10H2. The van der Waals surface area contributed by atoms with Gasteiger partial charge in [0.1, 0.15) is 11.5 Å². The van der Waals surface area contributed by atoms with Crippen molar-refractivity contribution in [2.75, 3.05) is 5.32 Å². The Hall–Kier alpha value is -1.84. The summed E-state index contributed by atoms with van der Waals surface area (Å²) in [5.74, 6) is 1.18. The second-order valence-electron chi connectivity index (χ2n) is 6.57. The van der Waals surface area contributed by atoms with E-state index in [4.69, 9.17) is 4.98 Å². The van der Waals surface area contributed by atoms with Gasteiger partial charge in [0, 0.05) is 18.4 Å². The van der Waals surface area contributed by atoms with Crippen LogP contribution in [-0.2, 0) is 0 Å². The lowest BCUT2D eigenvalue weighted by molar-refractivity contribution is 0.461. The molecule has 22 heavy (non-hydrogen) atoms. The molecule has 116 valence electrons. The van der Waals surface area contributed by atoms with E-state index in [0.29, 0.717) is 6.04 Å². The van der Waals surface area contributed by atoms with Crippen molar-refractivity contribution in [1.29, 1.82) is 0 Å². The molecule has 1 saturated carbocycles. The first-order valence-corrected chi connectivity index (χ1v) is 8.70. The van der Waals surface area contributed by atoms with Crippen molar-refractivity contribution in [3.63, 3.8) is 0 Å². The Kier molecular flexibility index (Phi) is 3.83. The van der Waals surface area contributed by atoms with Gasteiger partial charge in [-0.05, 0) is 44.1 Å². The first kappa shape index (κ1) is 13.8. The van der Waals surface area contributed by atoms with Crippen molar-refractivity contribution < 1.29 is 0 Å². The van der Waals surface area contributed by atoms with Crippen LogP contribution in [0, 0.1) is 0 Å². The fourth-order valence-corrected chi connectivity index (χ4v) is 3.76. The van der Waals surface area contributed by atoms with Crippen molar-refractivity contribution in [1.82, 2.24) is 14.4 Å². The van der Waals surface area contributed by atoms with Crippen LogP contribution in [0.2, 0.25) is 0 Å². The Morgan fingerprint density at radius 3 is 2.82 bits per heavy atom. The molecule has 0 spiro atoms. The molecule has 0 amide bonds. The van der Waals surface area contributed by atoms with Crippen LogP contribution in [0.1, 0.15) is 63.5 Å². The average molecular weight is 296 g/mol. The van der Waals surface area contributed by atoms with Gasteiger partial charge in [-0.1, -0.05) is 25.3 Å². The third-order valence-electron chi connectivity index (χ3n) is 4.97. The maximum atomic E-state index is 4.87. The summed E-state index contributed by atoms with van der Waals surface area (Å²) in [6.45, 7) is 0. The van der Waals surface area contributed by atoms with Gasteiger partial charge < -0.3 is 5.32 Å². The van der Waals surface area contributed by atoms with Crippen molar-refractivity contribution in [3.05, 3.63) is 30.4 Å². The Labute approximate surface area is 131 Å². The quantitative estimate of drug-likeness (QED) is 0.911. The normalized spacial score (nSPS) is 20.1. The number of imidazole rings is 1. The molecule has 2 aromatic heterocycles. The van der Waals surface area contributed by atoms with E-state index < -0.39 is 0 Å². The molecule has 0 bridgehead atoms. The third-order valence-corrected chi connectivity index (χ3v) is 4.97. The number of fused-ring (bicyclic) bond motifs is 1. The molecule has 2 heterocycles. The second kappa shape index (κ2) is 6.11. The SMILES string of the molecule is C1=C(c2nc3cnccn3c2NC2CCCCC2)CCCC1. The summed E-state index contributed by atoms with van der Waals surface area (Å²) in [5, 5.41) is 3.80. The number of aromatic nitrogens is 3. The summed E-state index contributed by atoms with van der Waals surface area (Å²) < 4.78 is 2.17. The molecule has 0 aromatic carbocycles. The van der Waals surface area contributed by atoms with Crippen LogP contribution >= 0.6 is 0 Å². The summed E-state index contributed by atoms with van der Waals surface area (Å²) >= 11 is 0. The zero-order valence-corrected chi connectivity index (χ0v) is 13.1. The molecule has 4 rings (SSSR count). The summed E-state index contributed by atoms with van der Waals surface area (Å²) in [5.41, 5.74) is 3.51. The molecule has 4 heteroatoms. The summed E-state index contributed by atoms with van der Waals surface area (Å²) in [7, 11) is 0. The van der Waals surface area contributed by atoms with Gasteiger partial charge in [0.25, 0.3) is 0 Å². The average Bonchev–Trinajstić information content (AvgIpc) is 2.95.